The number of methoxy groups -OCH3 is 1. The second kappa shape index (κ2) is 7.21. The maximum absolute atomic E-state index is 11.2. The molecule has 1 aromatic heterocycles. The number of carbonyl (C=O) groups excluding carboxylic acids is 1. The standard InChI is InChI=1S/C11H19N3O2S/c1-4-5-6-9-13-14-11(17-9)12-7-8(2)10(15)16-3/h8H,4-7H2,1-3H3,(H,12,14). The van der Waals surface area contributed by atoms with Gasteiger partial charge in [0.1, 0.15) is 5.01 Å². The molecule has 0 fully saturated rings. The van der Waals surface area contributed by atoms with Crippen molar-refractivity contribution >= 4 is 22.4 Å². The van der Waals surface area contributed by atoms with Gasteiger partial charge in [-0.25, -0.2) is 0 Å². The molecule has 1 unspecified atom stereocenters. The number of nitrogens with one attached hydrogen (secondary N) is 1. The minimum absolute atomic E-state index is 0.178. The lowest BCUT2D eigenvalue weighted by molar-refractivity contribution is -0.144. The van der Waals surface area contributed by atoms with Gasteiger partial charge in [-0.2, -0.15) is 0 Å². The Morgan fingerprint density at radius 2 is 2.29 bits per heavy atom. The SMILES string of the molecule is CCCCc1nnc(NCC(C)C(=O)OC)s1. The summed E-state index contributed by atoms with van der Waals surface area (Å²) in [5.41, 5.74) is 0. The van der Waals surface area contributed by atoms with Gasteiger partial charge >= 0.3 is 5.97 Å². The van der Waals surface area contributed by atoms with Crippen molar-refractivity contribution in [1.82, 2.24) is 10.2 Å². The lowest BCUT2D eigenvalue weighted by Crippen LogP contribution is -2.21. The van der Waals surface area contributed by atoms with E-state index < -0.39 is 0 Å². The van der Waals surface area contributed by atoms with Crippen LogP contribution in [0.4, 0.5) is 5.13 Å². The minimum atomic E-state index is -0.215. The first-order valence-corrected chi connectivity index (χ1v) is 6.63. The summed E-state index contributed by atoms with van der Waals surface area (Å²) < 4.78 is 4.65. The van der Waals surface area contributed by atoms with Crippen LogP contribution in [-0.4, -0.2) is 29.8 Å². The summed E-state index contributed by atoms with van der Waals surface area (Å²) in [7, 11) is 1.40. The van der Waals surface area contributed by atoms with Crippen molar-refractivity contribution in [1.29, 1.82) is 0 Å². The fraction of sp³-hybridized carbons (Fsp3) is 0.727. The summed E-state index contributed by atoms with van der Waals surface area (Å²) in [5, 5.41) is 13.0. The number of aromatic nitrogens is 2. The molecule has 0 aromatic carbocycles. The summed E-state index contributed by atoms with van der Waals surface area (Å²) in [6.07, 6.45) is 3.26. The molecule has 0 bridgehead atoms. The Balaban J connectivity index is 2.36. The smallest absolute Gasteiger partial charge is 0.310 e. The topological polar surface area (TPSA) is 64.1 Å². The Bertz CT molecular complexity index is 354. The Morgan fingerprint density at radius 3 is 2.94 bits per heavy atom. The highest BCUT2D eigenvalue weighted by Crippen LogP contribution is 2.17. The number of ether oxygens (including phenoxy) is 1. The molecule has 5 nitrogen and oxygen atoms in total. The summed E-state index contributed by atoms with van der Waals surface area (Å²) in [6.45, 7) is 4.49. The summed E-state index contributed by atoms with van der Waals surface area (Å²) in [6, 6.07) is 0. The lowest BCUT2D eigenvalue weighted by Gasteiger charge is -2.08. The van der Waals surface area contributed by atoms with Crippen LogP contribution in [-0.2, 0) is 16.0 Å². The van der Waals surface area contributed by atoms with Crippen LogP contribution >= 0.6 is 11.3 Å². The molecule has 0 amide bonds. The number of esters is 1. The first-order chi connectivity index (χ1) is 8.17. The van der Waals surface area contributed by atoms with E-state index in [4.69, 9.17) is 0 Å². The molecule has 0 aliphatic rings. The van der Waals surface area contributed by atoms with E-state index in [2.05, 4.69) is 27.2 Å². The largest absolute Gasteiger partial charge is 0.469 e. The normalized spacial score (nSPS) is 12.2. The van der Waals surface area contributed by atoms with Crippen LogP contribution in [0.1, 0.15) is 31.7 Å². The molecule has 1 heterocycles. The van der Waals surface area contributed by atoms with E-state index in [0.717, 1.165) is 29.4 Å². The van der Waals surface area contributed by atoms with Crippen LogP contribution in [0.2, 0.25) is 0 Å². The van der Waals surface area contributed by atoms with Gasteiger partial charge in [0.15, 0.2) is 0 Å². The Labute approximate surface area is 106 Å². The van der Waals surface area contributed by atoms with Gasteiger partial charge in [-0.05, 0) is 6.42 Å². The number of nitrogens with zero attached hydrogens (tertiary/aromatic N) is 2. The van der Waals surface area contributed by atoms with Gasteiger partial charge in [0.2, 0.25) is 5.13 Å². The molecule has 0 radical (unpaired) electrons. The van der Waals surface area contributed by atoms with Crippen molar-refractivity contribution in [3.05, 3.63) is 5.01 Å². The van der Waals surface area contributed by atoms with Gasteiger partial charge < -0.3 is 10.1 Å². The van der Waals surface area contributed by atoms with E-state index in [-0.39, 0.29) is 11.9 Å². The molecule has 0 aliphatic heterocycles. The van der Waals surface area contributed by atoms with Crippen LogP contribution in [0.25, 0.3) is 0 Å². The number of hydrogen-bond donors (Lipinski definition) is 1. The molecule has 1 rings (SSSR count). The Kier molecular flexibility index (Phi) is 5.90. The molecule has 96 valence electrons. The molecular formula is C11H19N3O2S. The Morgan fingerprint density at radius 1 is 1.53 bits per heavy atom. The number of rotatable bonds is 7. The molecule has 0 aliphatic carbocycles. The molecule has 6 heteroatoms. The Hall–Kier alpha value is -1.17. The van der Waals surface area contributed by atoms with Crippen molar-refractivity contribution in [2.45, 2.75) is 33.1 Å². The maximum atomic E-state index is 11.2. The number of carbonyl (C=O) groups is 1. The van der Waals surface area contributed by atoms with E-state index in [9.17, 15) is 4.79 Å². The van der Waals surface area contributed by atoms with Crippen molar-refractivity contribution in [3.63, 3.8) is 0 Å². The van der Waals surface area contributed by atoms with E-state index in [0.29, 0.717) is 6.54 Å². The fourth-order valence-electron chi connectivity index (χ4n) is 1.28. The summed E-state index contributed by atoms with van der Waals surface area (Å²) in [4.78, 5) is 11.2. The summed E-state index contributed by atoms with van der Waals surface area (Å²) in [5.74, 6) is -0.392. The number of anilines is 1. The molecule has 0 saturated carbocycles. The molecule has 1 aromatic rings. The first kappa shape index (κ1) is 13.9. The van der Waals surface area contributed by atoms with Crippen molar-refractivity contribution in [3.8, 4) is 0 Å². The quantitative estimate of drug-likeness (QED) is 0.758. The second-order valence-corrected chi connectivity index (χ2v) is 4.97. The van der Waals surface area contributed by atoms with Gasteiger partial charge in [-0.15, -0.1) is 10.2 Å². The molecule has 0 saturated heterocycles. The summed E-state index contributed by atoms with van der Waals surface area (Å²) >= 11 is 1.55. The third-order valence-electron chi connectivity index (χ3n) is 2.37. The van der Waals surface area contributed by atoms with Crippen LogP contribution < -0.4 is 5.32 Å². The van der Waals surface area contributed by atoms with E-state index in [1.54, 1.807) is 11.3 Å². The number of hydrogen-bond acceptors (Lipinski definition) is 6. The predicted molar refractivity (Wildman–Crippen MR) is 68.2 cm³/mol. The predicted octanol–water partition coefficient (Wildman–Crippen LogP) is 2.10. The highest BCUT2D eigenvalue weighted by atomic mass is 32.1. The molecule has 1 atom stereocenters. The van der Waals surface area contributed by atoms with Crippen molar-refractivity contribution < 1.29 is 9.53 Å². The van der Waals surface area contributed by atoms with Gasteiger partial charge in [0, 0.05) is 13.0 Å². The zero-order chi connectivity index (χ0) is 12.7. The molecule has 17 heavy (non-hydrogen) atoms. The van der Waals surface area contributed by atoms with E-state index in [1.807, 2.05) is 6.92 Å². The average molecular weight is 257 g/mol. The van der Waals surface area contributed by atoms with Crippen molar-refractivity contribution in [2.24, 2.45) is 5.92 Å². The van der Waals surface area contributed by atoms with Gasteiger partial charge in [0.25, 0.3) is 0 Å². The number of aryl methyl sites for hydroxylation is 1. The minimum Gasteiger partial charge on any atom is -0.469 e. The highest BCUT2D eigenvalue weighted by Gasteiger charge is 2.13. The molecular weight excluding hydrogens is 238 g/mol. The monoisotopic (exact) mass is 257 g/mol. The second-order valence-electron chi connectivity index (χ2n) is 3.91. The van der Waals surface area contributed by atoms with Gasteiger partial charge in [-0.1, -0.05) is 31.6 Å². The first-order valence-electron chi connectivity index (χ1n) is 5.81. The maximum Gasteiger partial charge on any atom is 0.310 e. The highest BCUT2D eigenvalue weighted by molar-refractivity contribution is 7.15. The van der Waals surface area contributed by atoms with Gasteiger partial charge in [-0.3, -0.25) is 4.79 Å². The third kappa shape index (κ3) is 4.68. The van der Waals surface area contributed by atoms with Crippen LogP contribution in [0.15, 0.2) is 0 Å². The van der Waals surface area contributed by atoms with Crippen LogP contribution in [0.5, 0.6) is 0 Å². The van der Waals surface area contributed by atoms with E-state index in [1.165, 1.54) is 7.11 Å². The third-order valence-corrected chi connectivity index (χ3v) is 3.31. The molecule has 1 N–H and O–H groups in total. The molecule has 0 spiro atoms. The average Bonchev–Trinajstić information content (AvgIpc) is 2.80. The lowest BCUT2D eigenvalue weighted by atomic mass is 10.2. The number of unbranched alkanes of at least 4 members (excludes halogenated alkanes) is 1. The van der Waals surface area contributed by atoms with Crippen LogP contribution in [0.3, 0.4) is 0 Å². The van der Waals surface area contributed by atoms with Crippen molar-refractivity contribution in [2.75, 3.05) is 19.0 Å². The van der Waals surface area contributed by atoms with Crippen LogP contribution in [0, 0.1) is 5.92 Å². The zero-order valence-corrected chi connectivity index (χ0v) is 11.3. The van der Waals surface area contributed by atoms with E-state index >= 15 is 0 Å². The van der Waals surface area contributed by atoms with Gasteiger partial charge in [0.05, 0.1) is 13.0 Å². The fourth-order valence-corrected chi connectivity index (χ4v) is 2.07. The zero-order valence-electron chi connectivity index (χ0n) is 10.5.